The summed E-state index contributed by atoms with van der Waals surface area (Å²) in [6.07, 6.45) is 4.35. The average molecular weight is 470 g/mol. The summed E-state index contributed by atoms with van der Waals surface area (Å²) in [7, 11) is -3.54. The maximum atomic E-state index is 13.9. The molecule has 5 heteroatoms. The predicted octanol–water partition coefficient (Wildman–Crippen LogP) is 4.66. The molecule has 0 aromatic heterocycles. The maximum absolute atomic E-state index is 13.9. The molecule has 0 radical (unpaired) electrons. The van der Waals surface area contributed by atoms with Gasteiger partial charge in [0.2, 0.25) is 10.0 Å². The lowest BCUT2D eigenvalue weighted by atomic mass is 9.89. The van der Waals surface area contributed by atoms with E-state index in [9.17, 15) is 8.42 Å². The molecule has 2 aromatic rings. The molecule has 0 amide bonds. The minimum absolute atomic E-state index is 0.154. The Kier molecular flexibility index (Phi) is 8.54. The molecular formula is C28H41N2O2S+. The Hall–Kier alpha value is -1.95. The van der Waals surface area contributed by atoms with Crippen molar-refractivity contribution in [2.45, 2.75) is 64.2 Å². The number of piperazine rings is 1. The highest BCUT2D eigenvalue weighted by atomic mass is 32.2. The van der Waals surface area contributed by atoms with Crippen molar-refractivity contribution >= 4 is 16.1 Å². The fraction of sp³-hybridized carbons (Fsp3) is 0.500. The summed E-state index contributed by atoms with van der Waals surface area (Å²) in [5, 5.41) is 0. The van der Waals surface area contributed by atoms with Crippen LogP contribution in [0.25, 0.3) is 6.08 Å². The molecule has 0 bridgehead atoms. The van der Waals surface area contributed by atoms with Crippen LogP contribution < -0.4 is 4.90 Å². The molecule has 0 unspecified atom stereocenters. The van der Waals surface area contributed by atoms with E-state index in [0.29, 0.717) is 23.9 Å². The summed E-state index contributed by atoms with van der Waals surface area (Å²) in [6, 6.07) is 14.6. The zero-order chi connectivity index (χ0) is 24.2. The third kappa shape index (κ3) is 6.14. The highest BCUT2D eigenvalue weighted by Crippen LogP contribution is 2.36. The second kappa shape index (κ2) is 11.0. The van der Waals surface area contributed by atoms with Gasteiger partial charge in [-0.05, 0) is 46.1 Å². The number of nitrogens with one attached hydrogen (secondary N) is 1. The summed E-state index contributed by atoms with van der Waals surface area (Å²) < 4.78 is 29.6. The van der Waals surface area contributed by atoms with Crippen molar-refractivity contribution in [3.63, 3.8) is 0 Å². The quantitative estimate of drug-likeness (QED) is 0.611. The Morgan fingerprint density at radius 2 is 1.42 bits per heavy atom. The number of rotatable bonds is 8. The van der Waals surface area contributed by atoms with E-state index >= 15 is 0 Å². The molecule has 0 aliphatic carbocycles. The average Bonchev–Trinajstić information content (AvgIpc) is 2.79. The number of quaternary nitrogens is 1. The first-order valence-electron chi connectivity index (χ1n) is 12.3. The Morgan fingerprint density at radius 1 is 0.879 bits per heavy atom. The Labute approximate surface area is 201 Å². The molecule has 1 saturated heterocycles. The van der Waals surface area contributed by atoms with Gasteiger partial charge in [0, 0.05) is 0 Å². The molecule has 1 heterocycles. The van der Waals surface area contributed by atoms with Crippen LogP contribution in [0.5, 0.6) is 0 Å². The van der Waals surface area contributed by atoms with Crippen molar-refractivity contribution < 1.29 is 13.3 Å². The normalized spacial score (nSPS) is 16.5. The van der Waals surface area contributed by atoms with Crippen LogP contribution in [0, 0.1) is 0 Å². The van der Waals surface area contributed by atoms with E-state index < -0.39 is 10.0 Å². The molecule has 1 fully saturated rings. The van der Waals surface area contributed by atoms with E-state index in [1.165, 1.54) is 16.0 Å². The van der Waals surface area contributed by atoms with Crippen LogP contribution >= 0.6 is 0 Å². The van der Waals surface area contributed by atoms with Gasteiger partial charge in [-0.1, -0.05) is 90.1 Å². The molecule has 0 atom stereocenters. The third-order valence-corrected chi connectivity index (χ3v) is 8.66. The van der Waals surface area contributed by atoms with Crippen LogP contribution in [-0.2, 0) is 10.0 Å². The van der Waals surface area contributed by atoms with E-state index in [4.69, 9.17) is 0 Å². The van der Waals surface area contributed by atoms with Crippen LogP contribution in [-0.4, -0.2) is 45.4 Å². The van der Waals surface area contributed by atoms with E-state index in [1.807, 2.05) is 18.2 Å². The Bertz CT molecular complexity index is 1020. The van der Waals surface area contributed by atoms with Crippen LogP contribution in [0.1, 0.15) is 81.5 Å². The molecular weight excluding hydrogens is 428 g/mol. The van der Waals surface area contributed by atoms with Crippen LogP contribution in [0.2, 0.25) is 0 Å². The summed E-state index contributed by atoms with van der Waals surface area (Å²) in [4.78, 5) is 1.99. The van der Waals surface area contributed by atoms with Crippen molar-refractivity contribution in [2.75, 3.05) is 32.7 Å². The topological polar surface area (TPSA) is 41.8 Å². The lowest BCUT2D eigenvalue weighted by molar-refractivity contribution is -0.897. The first-order chi connectivity index (χ1) is 15.6. The van der Waals surface area contributed by atoms with Gasteiger partial charge in [-0.25, -0.2) is 8.42 Å². The van der Waals surface area contributed by atoms with Crippen molar-refractivity contribution in [1.29, 1.82) is 0 Å². The van der Waals surface area contributed by atoms with E-state index in [2.05, 4.69) is 78.0 Å². The molecule has 3 rings (SSSR count). The van der Waals surface area contributed by atoms with Gasteiger partial charge in [-0.3, -0.25) is 0 Å². The highest BCUT2D eigenvalue weighted by molar-refractivity contribution is 7.89. The van der Waals surface area contributed by atoms with Crippen LogP contribution in [0.15, 0.2) is 53.4 Å². The highest BCUT2D eigenvalue weighted by Gasteiger charge is 2.34. The molecule has 33 heavy (non-hydrogen) atoms. The van der Waals surface area contributed by atoms with Gasteiger partial charge in [0.25, 0.3) is 0 Å². The van der Waals surface area contributed by atoms with Crippen molar-refractivity contribution in [1.82, 2.24) is 4.31 Å². The second-order valence-corrected chi connectivity index (χ2v) is 12.0. The molecule has 0 saturated carbocycles. The number of hydrogen-bond acceptors (Lipinski definition) is 2. The fourth-order valence-electron chi connectivity index (χ4n) is 4.49. The lowest BCUT2D eigenvalue weighted by Crippen LogP contribution is -3.14. The van der Waals surface area contributed by atoms with E-state index in [-0.39, 0.29) is 11.8 Å². The molecule has 2 aromatic carbocycles. The summed E-state index contributed by atoms with van der Waals surface area (Å²) in [5.41, 5.74) is 4.35. The van der Waals surface area contributed by atoms with Gasteiger partial charge in [0.1, 0.15) is 0 Å². The smallest absolute Gasteiger partial charge is 0.244 e. The van der Waals surface area contributed by atoms with Crippen molar-refractivity contribution in [3.05, 3.63) is 70.8 Å². The number of nitrogens with zero attached hydrogens (tertiary/aromatic N) is 1. The molecule has 1 aliphatic heterocycles. The molecule has 4 nitrogen and oxygen atoms in total. The lowest BCUT2D eigenvalue weighted by Gasteiger charge is -2.33. The third-order valence-electron chi connectivity index (χ3n) is 6.62. The standard InChI is InChI=1S/C28H40N2O2S/c1-21(2)25-19-26(22(3)4)28(27(20-25)23(5)6)33(31,32)30-17-15-29(16-18-30)14-10-13-24-11-8-7-9-12-24/h7-13,19-23H,14-18H2,1-6H3/p+1/b13-10+. The summed E-state index contributed by atoms with van der Waals surface area (Å²) >= 11 is 0. The number of hydrogen-bond donors (Lipinski definition) is 1. The zero-order valence-electron chi connectivity index (χ0n) is 21.1. The fourth-order valence-corrected chi connectivity index (χ4v) is 6.60. The monoisotopic (exact) mass is 469 g/mol. The van der Waals surface area contributed by atoms with Gasteiger partial charge in [0.15, 0.2) is 0 Å². The first-order valence-corrected chi connectivity index (χ1v) is 13.8. The zero-order valence-corrected chi connectivity index (χ0v) is 22.0. The maximum Gasteiger partial charge on any atom is 0.244 e. The minimum Gasteiger partial charge on any atom is -0.329 e. The summed E-state index contributed by atoms with van der Waals surface area (Å²) in [5.74, 6) is 0.676. The van der Waals surface area contributed by atoms with E-state index in [1.54, 1.807) is 4.31 Å². The molecule has 0 spiro atoms. The molecule has 1 N–H and O–H groups in total. The van der Waals surface area contributed by atoms with Gasteiger partial charge < -0.3 is 4.90 Å². The van der Waals surface area contributed by atoms with E-state index in [0.717, 1.165) is 30.8 Å². The summed E-state index contributed by atoms with van der Waals surface area (Å²) in [6.45, 7) is 16.5. The van der Waals surface area contributed by atoms with Gasteiger partial charge in [0.05, 0.1) is 37.6 Å². The second-order valence-electron chi connectivity index (χ2n) is 10.2. The molecule has 180 valence electrons. The molecule has 1 aliphatic rings. The number of benzene rings is 2. The van der Waals surface area contributed by atoms with Crippen molar-refractivity contribution in [2.24, 2.45) is 0 Å². The van der Waals surface area contributed by atoms with Gasteiger partial charge >= 0.3 is 0 Å². The SMILES string of the molecule is CC(C)c1cc(C(C)C)c(S(=O)(=O)N2CC[NH+](C/C=C/c3ccccc3)CC2)c(C(C)C)c1. The largest absolute Gasteiger partial charge is 0.329 e. The van der Waals surface area contributed by atoms with Gasteiger partial charge in [-0.2, -0.15) is 4.31 Å². The number of sulfonamides is 1. The Morgan fingerprint density at radius 3 is 1.91 bits per heavy atom. The predicted molar refractivity (Wildman–Crippen MR) is 139 cm³/mol. The van der Waals surface area contributed by atoms with Crippen molar-refractivity contribution in [3.8, 4) is 0 Å². The van der Waals surface area contributed by atoms with Gasteiger partial charge in [-0.15, -0.1) is 0 Å². The van der Waals surface area contributed by atoms with Crippen LogP contribution in [0.4, 0.5) is 0 Å². The van der Waals surface area contributed by atoms with Crippen LogP contribution in [0.3, 0.4) is 0 Å². The first kappa shape index (κ1) is 25.7. The Balaban J connectivity index is 1.80. The minimum atomic E-state index is -3.54.